The van der Waals surface area contributed by atoms with Crippen LogP contribution in [0.15, 0.2) is 48.2 Å². The monoisotopic (exact) mass is 355 g/mol. The van der Waals surface area contributed by atoms with Crippen LogP contribution in [-0.2, 0) is 4.79 Å². The molecule has 2 aromatic carbocycles. The maximum atomic E-state index is 12.5. The highest BCUT2D eigenvalue weighted by atomic mass is 35.5. The minimum absolute atomic E-state index is 0.199. The molecule has 0 saturated carbocycles. The molecular weight excluding hydrogens is 338 g/mol. The Balaban J connectivity index is 2.06. The summed E-state index contributed by atoms with van der Waals surface area (Å²) in [5.41, 5.74) is 9.23. The van der Waals surface area contributed by atoms with E-state index in [4.69, 9.17) is 17.3 Å². The van der Waals surface area contributed by atoms with Crippen LogP contribution in [0.1, 0.15) is 35.7 Å². The Morgan fingerprint density at radius 1 is 1.24 bits per heavy atom. The highest BCUT2D eigenvalue weighted by molar-refractivity contribution is 6.33. The van der Waals surface area contributed by atoms with Gasteiger partial charge >= 0.3 is 0 Å². The number of nitrogens with one attached hydrogen (secondary N) is 2. The molecule has 3 rings (SSSR count). The number of amides is 2. The molecule has 4 N–H and O–H groups in total. The molecule has 0 aliphatic carbocycles. The van der Waals surface area contributed by atoms with Gasteiger partial charge in [-0.15, -0.1) is 0 Å². The van der Waals surface area contributed by atoms with Crippen molar-refractivity contribution in [2.45, 2.75) is 19.8 Å². The van der Waals surface area contributed by atoms with Gasteiger partial charge in [0.2, 0.25) is 5.91 Å². The van der Waals surface area contributed by atoms with Crippen LogP contribution < -0.4 is 16.4 Å². The minimum Gasteiger partial charge on any atom is -0.366 e. The molecular formula is C19H18ClN3O2. The molecule has 0 fully saturated rings. The van der Waals surface area contributed by atoms with Gasteiger partial charge in [0.1, 0.15) is 0 Å². The number of rotatable bonds is 5. The van der Waals surface area contributed by atoms with Gasteiger partial charge in [-0.25, -0.2) is 0 Å². The number of hydrogen-bond acceptors (Lipinski definition) is 3. The highest BCUT2D eigenvalue weighted by Gasteiger charge is 2.28. The van der Waals surface area contributed by atoms with Crippen molar-refractivity contribution in [3.63, 3.8) is 0 Å². The van der Waals surface area contributed by atoms with Gasteiger partial charge in [0, 0.05) is 33.2 Å². The summed E-state index contributed by atoms with van der Waals surface area (Å²) in [7, 11) is 0. The first-order valence-corrected chi connectivity index (χ1v) is 8.38. The fraction of sp³-hybridized carbons (Fsp3) is 0.158. The molecule has 128 valence electrons. The minimum atomic E-state index is -0.527. The Morgan fingerprint density at radius 3 is 2.72 bits per heavy atom. The topological polar surface area (TPSA) is 84.2 Å². The zero-order chi connectivity index (χ0) is 18.0. The maximum Gasteiger partial charge on any atom is 0.258 e. The number of primary amides is 1. The Hall–Kier alpha value is -2.79. The van der Waals surface area contributed by atoms with E-state index in [-0.39, 0.29) is 5.91 Å². The fourth-order valence-electron chi connectivity index (χ4n) is 2.87. The SMILES string of the molecule is CCCC(Nc1cccc(Cl)c1)=C1C(=O)Nc2cc(C(N)=O)ccc21. The molecule has 6 heteroatoms. The number of halogens is 1. The average molecular weight is 356 g/mol. The third-order valence-electron chi connectivity index (χ3n) is 3.97. The van der Waals surface area contributed by atoms with E-state index in [2.05, 4.69) is 10.6 Å². The third-order valence-corrected chi connectivity index (χ3v) is 4.21. The van der Waals surface area contributed by atoms with Crippen LogP contribution in [0.2, 0.25) is 5.02 Å². The van der Waals surface area contributed by atoms with Crippen LogP contribution in [0.25, 0.3) is 5.57 Å². The van der Waals surface area contributed by atoms with Crippen LogP contribution in [0.5, 0.6) is 0 Å². The van der Waals surface area contributed by atoms with Gasteiger partial charge in [-0.2, -0.15) is 0 Å². The van der Waals surface area contributed by atoms with E-state index in [9.17, 15) is 9.59 Å². The number of hydrogen-bond donors (Lipinski definition) is 3. The molecule has 2 amide bonds. The van der Waals surface area contributed by atoms with Gasteiger partial charge in [0.05, 0.1) is 5.57 Å². The van der Waals surface area contributed by atoms with Crippen molar-refractivity contribution < 1.29 is 9.59 Å². The summed E-state index contributed by atoms with van der Waals surface area (Å²) in [5.74, 6) is -0.727. The van der Waals surface area contributed by atoms with Crippen molar-refractivity contribution in [2.24, 2.45) is 5.73 Å². The molecule has 0 radical (unpaired) electrons. The predicted octanol–water partition coefficient (Wildman–Crippen LogP) is 4.01. The summed E-state index contributed by atoms with van der Waals surface area (Å²) in [6.07, 6.45) is 1.57. The summed E-state index contributed by atoms with van der Waals surface area (Å²) >= 11 is 6.04. The smallest absolute Gasteiger partial charge is 0.258 e. The van der Waals surface area contributed by atoms with Gasteiger partial charge in [-0.3, -0.25) is 9.59 Å². The number of carbonyl (C=O) groups excluding carboxylic acids is 2. The molecule has 0 bridgehead atoms. The summed E-state index contributed by atoms with van der Waals surface area (Å²) in [4.78, 5) is 23.9. The first kappa shape index (κ1) is 17.0. The third kappa shape index (κ3) is 3.51. The van der Waals surface area contributed by atoms with Crippen LogP contribution in [0.4, 0.5) is 11.4 Å². The number of anilines is 2. The molecule has 0 atom stereocenters. The largest absolute Gasteiger partial charge is 0.366 e. The number of nitrogens with two attached hydrogens (primary N) is 1. The zero-order valence-corrected chi connectivity index (χ0v) is 14.5. The van der Waals surface area contributed by atoms with Crippen molar-refractivity contribution >= 4 is 40.4 Å². The molecule has 1 heterocycles. The number of carbonyl (C=O) groups is 2. The van der Waals surface area contributed by atoms with E-state index in [1.54, 1.807) is 24.3 Å². The lowest BCUT2D eigenvalue weighted by atomic mass is 10.0. The summed E-state index contributed by atoms with van der Waals surface area (Å²) in [6.45, 7) is 2.05. The Labute approximate surface area is 150 Å². The second-order valence-corrected chi connectivity index (χ2v) is 6.25. The van der Waals surface area contributed by atoms with Crippen molar-refractivity contribution in [1.29, 1.82) is 0 Å². The molecule has 1 aliphatic rings. The van der Waals surface area contributed by atoms with E-state index in [0.717, 1.165) is 23.4 Å². The molecule has 25 heavy (non-hydrogen) atoms. The number of fused-ring (bicyclic) bond motifs is 1. The lowest BCUT2D eigenvalue weighted by Crippen LogP contribution is -2.11. The first-order valence-electron chi connectivity index (χ1n) is 8.01. The van der Waals surface area contributed by atoms with Crippen molar-refractivity contribution in [1.82, 2.24) is 0 Å². The summed E-state index contributed by atoms with van der Waals surface area (Å²) < 4.78 is 0. The van der Waals surface area contributed by atoms with Gasteiger partial charge in [-0.05, 0) is 36.8 Å². The van der Waals surface area contributed by atoms with Crippen LogP contribution in [-0.4, -0.2) is 11.8 Å². The Morgan fingerprint density at radius 2 is 2.04 bits per heavy atom. The molecule has 0 spiro atoms. The van der Waals surface area contributed by atoms with Crippen molar-refractivity contribution in [3.8, 4) is 0 Å². The average Bonchev–Trinajstić information content (AvgIpc) is 2.89. The first-order chi connectivity index (χ1) is 12.0. The van der Waals surface area contributed by atoms with E-state index in [1.807, 2.05) is 25.1 Å². The highest BCUT2D eigenvalue weighted by Crippen LogP contribution is 2.36. The Bertz CT molecular complexity index is 890. The van der Waals surface area contributed by atoms with Crippen molar-refractivity contribution in [3.05, 3.63) is 64.3 Å². The standard InChI is InChI=1S/C19H18ClN3O2/c1-2-4-15(22-13-6-3-5-12(20)10-13)17-14-8-7-11(18(21)24)9-16(14)23-19(17)25/h3,5-10,22H,2,4H2,1H3,(H2,21,24)(H,23,25). The molecule has 0 aromatic heterocycles. The van der Waals surface area contributed by atoms with Crippen molar-refractivity contribution in [2.75, 3.05) is 10.6 Å². The number of allylic oxidation sites excluding steroid dienone is 1. The lowest BCUT2D eigenvalue weighted by Gasteiger charge is -2.14. The van der Waals surface area contributed by atoms with Crippen LogP contribution in [0, 0.1) is 0 Å². The second kappa shape index (κ2) is 6.99. The quantitative estimate of drug-likeness (QED) is 0.708. The number of benzene rings is 2. The molecule has 0 saturated heterocycles. The fourth-order valence-corrected chi connectivity index (χ4v) is 3.06. The van der Waals surface area contributed by atoms with Crippen LogP contribution >= 0.6 is 11.6 Å². The van der Waals surface area contributed by atoms with E-state index in [1.165, 1.54) is 0 Å². The van der Waals surface area contributed by atoms with Gasteiger partial charge in [0.15, 0.2) is 0 Å². The lowest BCUT2D eigenvalue weighted by molar-refractivity contribution is -0.110. The van der Waals surface area contributed by atoms with Gasteiger partial charge in [0.25, 0.3) is 5.91 Å². The molecule has 0 unspecified atom stereocenters. The normalized spacial score (nSPS) is 14.7. The predicted molar refractivity (Wildman–Crippen MR) is 100 cm³/mol. The zero-order valence-electron chi connectivity index (χ0n) is 13.7. The Kier molecular flexibility index (Phi) is 4.76. The van der Waals surface area contributed by atoms with Crippen LogP contribution in [0.3, 0.4) is 0 Å². The summed E-state index contributed by atoms with van der Waals surface area (Å²) in [6, 6.07) is 12.3. The second-order valence-electron chi connectivity index (χ2n) is 5.82. The van der Waals surface area contributed by atoms with Gasteiger partial charge in [-0.1, -0.05) is 37.1 Å². The molecule has 5 nitrogen and oxygen atoms in total. The maximum absolute atomic E-state index is 12.5. The molecule has 2 aromatic rings. The van der Waals surface area contributed by atoms with E-state index < -0.39 is 5.91 Å². The van der Waals surface area contributed by atoms with E-state index in [0.29, 0.717) is 28.3 Å². The summed E-state index contributed by atoms with van der Waals surface area (Å²) in [5, 5.41) is 6.74. The van der Waals surface area contributed by atoms with Gasteiger partial charge < -0.3 is 16.4 Å². The van der Waals surface area contributed by atoms with E-state index >= 15 is 0 Å². The molecule has 1 aliphatic heterocycles.